The number of hydrogen-bond acceptors (Lipinski definition) is 4. The SMILES string of the molecule is CCN1CCN(c2ncc(C(O)c3ccccc3)cc2C)CC1. The molecule has 1 aliphatic rings. The van der Waals surface area contributed by atoms with Gasteiger partial charge < -0.3 is 14.9 Å². The van der Waals surface area contributed by atoms with Gasteiger partial charge in [-0.05, 0) is 30.7 Å². The first kappa shape index (κ1) is 16.0. The fourth-order valence-electron chi connectivity index (χ4n) is 3.17. The van der Waals surface area contributed by atoms with E-state index in [1.165, 1.54) is 0 Å². The summed E-state index contributed by atoms with van der Waals surface area (Å²) in [6.07, 6.45) is 1.19. The highest BCUT2D eigenvalue weighted by molar-refractivity contribution is 5.49. The van der Waals surface area contributed by atoms with E-state index < -0.39 is 6.10 Å². The maximum absolute atomic E-state index is 10.5. The number of hydrogen-bond donors (Lipinski definition) is 1. The molecule has 23 heavy (non-hydrogen) atoms. The van der Waals surface area contributed by atoms with Crippen molar-refractivity contribution in [1.82, 2.24) is 9.88 Å². The predicted molar refractivity (Wildman–Crippen MR) is 93.8 cm³/mol. The zero-order valence-corrected chi connectivity index (χ0v) is 13.9. The molecule has 1 atom stereocenters. The molecular weight excluding hydrogens is 286 g/mol. The Balaban J connectivity index is 1.76. The van der Waals surface area contributed by atoms with E-state index in [-0.39, 0.29) is 0 Å². The molecule has 1 unspecified atom stereocenters. The zero-order valence-electron chi connectivity index (χ0n) is 13.9. The molecule has 1 aromatic heterocycles. The molecule has 4 heteroatoms. The van der Waals surface area contributed by atoms with Crippen molar-refractivity contribution in [3.63, 3.8) is 0 Å². The van der Waals surface area contributed by atoms with Gasteiger partial charge in [-0.1, -0.05) is 37.3 Å². The van der Waals surface area contributed by atoms with Gasteiger partial charge in [-0.25, -0.2) is 4.98 Å². The minimum Gasteiger partial charge on any atom is -0.384 e. The van der Waals surface area contributed by atoms with E-state index in [9.17, 15) is 5.11 Å². The molecule has 1 N–H and O–H groups in total. The van der Waals surface area contributed by atoms with E-state index >= 15 is 0 Å². The van der Waals surface area contributed by atoms with Gasteiger partial charge in [0.25, 0.3) is 0 Å². The minimum absolute atomic E-state index is 0.617. The minimum atomic E-state index is -0.617. The number of anilines is 1. The van der Waals surface area contributed by atoms with Gasteiger partial charge in [0.05, 0.1) is 0 Å². The molecule has 1 aliphatic heterocycles. The highest BCUT2D eigenvalue weighted by Gasteiger charge is 2.19. The van der Waals surface area contributed by atoms with E-state index in [0.29, 0.717) is 0 Å². The Labute approximate surface area is 138 Å². The van der Waals surface area contributed by atoms with Crippen LogP contribution in [-0.2, 0) is 0 Å². The maximum Gasteiger partial charge on any atom is 0.131 e. The number of aliphatic hydroxyl groups is 1. The molecule has 0 spiro atoms. The summed E-state index contributed by atoms with van der Waals surface area (Å²) in [7, 11) is 0. The average Bonchev–Trinajstić information content (AvgIpc) is 2.62. The second-order valence-corrected chi connectivity index (χ2v) is 6.14. The first-order valence-corrected chi connectivity index (χ1v) is 8.36. The van der Waals surface area contributed by atoms with Gasteiger partial charge in [-0.3, -0.25) is 0 Å². The van der Waals surface area contributed by atoms with Crippen LogP contribution in [0.3, 0.4) is 0 Å². The summed E-state index contributed by atoms with van der Waals surface area (Å²) in [5.74, 6) is 1.05. The van der Waals surface area contributed by atoms with E-state index in [2.05, 4.69) is 34.7 Å². The van der Waals surface area contributed by atoms with Gasteiger partial charge in [0, 0.05) is 37.9 Å². The molecule has 2 heterocycles. The third-order valence-electron chi connectivity index (χ3n) is 4.62. The lowest BCUT2D eigenvalue weighted by molar-refractivity contribution is 0.220. The molecule has 122 valence electrons. The molecular formula is C19H25N3O. The second-order valence-electron chi connectivity index (χ2n) is 6.14. The van der Waals surface area contributed by atoms with E-state index in [4.69, 9.17) is 0 Å². The number of likely N-dealkylation sites (N-methyl/N-ethyl adjacent to an activating group) is 1. The molecule has 0 amide bonds. The highest BCUT2D eigenvalue weighted by Crippen LogP contribution is 2.26. The number of pyridine rings is 1. The second kappa shape index (κ2) is 7.11. The standard InChI is InChI=1S/C19H25N3O/c1-3-21-9-11-22(12-10-21)19-15(2)13-17(14-20-19)18(23)16-7-5-4-6-8-16/h4-8,13-14,18,23H,3,9-12H2,1-2H3. The van der Waals surface area contributed by atoms with Crippen molar-refractivity contribution in [2.24, 2.45) is 0 Å². The summed E-state index contributed by atoms with van der Waals surface area (Å²) in [4.78, 5) is 9.45. The third kappa shape index (κ3) is 3.54. The van der Waals surface area contributed by atoms with Crippen LogP contribution in [-0.4, -0.2) is 47.7 Å². The van der Waals surface area contributed by atoms with Gasteiger partial charge >= 0.3 is 0 Å². The van der Waals surface area contributed by atoms with E-state index in [1.807, 2.05) is 36.5 Å². The van der Waals surface area contributed by atoms with Gasteiger partial charge in [-0.2, -0.15) is 0 Å². The summed E-state index contributed by atoms with van der Waals surface area (Å²) in [5.41, 5.74) is 2.88. The van der Waals surface area contributed by atoms with Crippen LogP contribution in [0.2, 0.25) is 0 Å². The van der Waals surface area contributed by atoms with Crippen molar-refractivity contribution in [2.75, 3.05) is 37.6 Å². The molecule has 1 saturated heterocycles. The molecule has 0 saturated carbocycles. The van der Waals surface area contributed by atoms with Crippen molar-refractivity contribution < 1.29 is 5.11 Å². The lowest BCUT2D eigenvalue weighted by Crippen LogP contribution is -2.46. The van der Waals surface area contributed by atoms with Crippen molar-refractivity contribution >= 4 is 5.82 Å². The molecule has 0 aliphatic carbocycles. The molecule has 4 nitrogen and oxygen atoms in total. The first-order valence-electron chi connectivity index (χ1n) is 8.36. The summed E-state index contributed by atoms with van der Waals surface area (Å²) in [5, 5.41) is 10.5. The van der Waals surface area contributed by atoms with Crippen LogP contribution < -0.4 is 4.90 Å². The monoisotopic (exact) mass is 311 g/mol. The Morgan fingerprint density at radius 3 is 2.39 bits per heavy atom. The third-order valence-corrected chi connectivity index (χ3v) is 4.62. The fraction of sp³-hybridized carbons (Fsp3) is 0.421. The first-order chi connectivity index (χ1) is 11.2. The summed E-state index contributed by atoms with van der Waals surface area (Å²) >= 11 is 0. The van der Waals surface area contributed by atoms with Crippen molar-refractivity contribution in [1.29, 1.82) is 0 Å². The maximum atomic E-state index is 10.5. The quantitative estimate of drug-likeness (QED) is 0.942. The predicted octanol–water partition coefficient (Wildman–Crippen LogP) is 2.61. The van der Waals surface area contributed by atoms with Crippen LogP contribution in [0.1, 0.15) is 29.7 Å². The van der Waals surface area contributed by atoms with Crippen LogP contribution in [0.5, 0.6) is 0 Å². The van der Waals surface area contributed by atoms with Crippen LogP contribution in [0.4, 0.5) is 5.82 Å². The van der Waals surface area contributed by atoms with Gasteiger partial charge in [0.2, 0.25) is 0 Å². The molecule has 3 rings (SSSR count). The number of piperazine rings is 1. The number of nitrogens with zero attached hydrogens (tertiary/aromatic N) is 3. The Hall–Kier alpha value is -1.91. The van der Waals surface area contributed by atoms with Gasteiger partial charge in [-0.15, -0.1) is 0 Å². The number of rotatable bonds is 4. The van der Waals surface area contributed by atoms with Crippen LogP contribution >= 0.6 is 0 Å². The van der Waals surface area contributed by atoms with Crippen LogP contribution in [0, 0.1) is 6.92 Å². The molecule has 0 bridgehead atoms. The lowest BCUT2D eigenvalue weighted by Gasteiger charge is -2.35. The number of aryl methyl sites for hydroxylation is 1. The summed E-state index contributed by atoms with van der Waals surface area (Å²) < 4.78 is 0. The van der Waals surface area contributed by atoms with Crippen molar-refractivity contribution in [2.45, 2.75) is 20.0 Å². The molecule has 0 radical (unpaired) electrons. The van der Waals surface area contributed by atoms with Crippen molar-refractivity contribution in [3.8, 4) is 0 Å². The lowest BCUT2D eigenvalue weighted by atomic mass is 10.0. The van der Waals surface area contributed by atoms with Crippen LogP contribution in [0.15, 0.2) is 42.6 Å². The zero-order chi connectivity index (χ0) is 16.2. The molecule has 1 aromatic carbocycles. The van der Waals surface area contributed by atoms with Gasteiger partial charge in [0.15, 0.2) is 0 Å². The summed E-state index contributed by atoms with van der Waals surface area (Å²) in [6.45, 7) is 9.61. The fourth-order valence-corrected chi connectivity index (χ4v) is 3.17. The Bertz CT molecular complexity index is 636. The highest BCUT2D eigenvalue weighted by atomic mass is 16.3. The normalized spacial score (nSPS) is 17.3. The smallest absolute Gasteiger partial charge is 0.131 e. The average molecular weight is 311 g/mol. The van der Waals surface area contributed by atoms with Crippen molar-refractivity contribution in [3.05, 3.63) is 59.3 Å². The van der Waals surface area contributed by atoms with E-state index in [0.717, 1.165) is 55.2 Å². The Morgan fingerprint density at radius 1 is 1.09 bits per heavy atom. The Morgan fingerprint density at radius 2 is 1.78 bits per heavy atom. The van der Waals surface area contributed by atoms with E-state index in [1.54, 1.807) is 0 Å². The van der Waals surface area contributed by atoms with Gasteiger partial charge in [0.1, 0.15) is 11.9 Å². The van der Waals surface area contributed by atoms with Crippen LogP contribution in [0.25, 0.3) is 0 Å². The number of aromatic nitrogens is 1. The topological polar surface area (TPSA) is 39.6 Å². The molecule has 1 fully saturated rings. The number of benzene rings is 1. The summed E-state index contributed by atoms with van der Waals surface area (Å²) in [6, 6.07) is 11.8. The number of aliphatic hydroxyl groups excluding tert-OH is 1. The molecule has 2 aromatic rings. The largest absolute Gasteiger partial charge is 0.384 e. The Kier molecular flexibility index (Phi) is 4.94.